The number of allylic oxidation sites excluding steroid dienone is 2. The fourth-order valence-corrected chi connectivity index (χ4v) is 5.31. The summed E-state index contributed by atoms with van der Waals surface area (Å²) < 4.78 is 16.9. The van der Waals surface area contributed by atoms with Gasteiger partial charge >= 0.3 is 5.97 Å². The molecule has 0 radical (unpaired) electrons. The minimum absolute atomic E-state index is 0.146. The minimum Gasteiger partial charge on any atom is -0.490 e. The van der Waals surface area contributed by atoms with Gasteiger partial charge in [0.25, 0.3) is 11.8 Å². The van der Waals surface area contributed by atoms with Crippen LogP contribution in [-0.4, -0.2) is 48.8 Å². The molecule has 2 amide bonds. The Morgan fingerprint density at radius 3 is 2.42 bits per heavy atom. The lowest BCUT2D eigenvalue weighted by Crippen LogP contribution is -2.28. The van der Waals surface area contributed by atoms with Crippen LogP contribution in [0.2, 0.25) is 0 Å². The first-order chi connectivity index (χ1) is 14.9. The van der Waals surface area contributed by atoms with Gasteiger partial charge in [-0.15, -0.1) is 0 Å². The number of hydrogen-bond acceptors (Lipinski definition) is 7. The Bertz CT molecular complexity index is 945. The molecule has 2 fully saturated rings. The zero-order valence-corrected chi connectivity index (χ0v) is 19.4. The largest absolute Gasteiger partial charge is 0.490 e. The lowest BCUT2D eigenvalue weighted by molar-refractivity contribution is -0.145. The summed E-state index contributed by atoms with van der Waals surface area (Å²) in [6.45, 7) is 4.01. The lowest BCUT2D eigenvalue weighted by Gasteiger charge is -2.14. The number of fused-ring (bicyclic) bond motifs is 5. The summed E-state index contributed by atoms with van der Waals surface area (Å²) in [6, 6.07) is 3.48. The molecule has 4 rings (SSSR count). The Balaban J connectivity index is 1.52. The second-order valence-corrected chi connectivity index (χ2v) is 8.75. The van der Waals surface area contributed by atoms with Crippen molar-refractivity contribution in [1.82, 2.24) is 5.01 Å². The van der Waals surface area contributed by atoms with E-state index in [9.17, 15) is 14.4 Å². The highest BCUT2D eigenvalue weighted by Crippen LogP contribution is 2.52. The maximum absolute atomic E-state index is 12.8. The molecule has 2 bridgehead atoms. The Kier molecular flexibility index (Phi) is 6.31. The van der Waals surface area contributed by atoms with E-state index in [1.54, 1.807) is 19.1 Å². The van der Waals surface area contributed by atoms with Gasteiger partial charge in [0, 0.05) is 0 Å². The number of imide groups is 1. The minimum atomic E-state index is -0.466. The van der Waals surface area contributed by atoms with Gasteiger partial charge in [-0.05, 0) is 72.4 Å². The summed E-state index contributed by atoms with van der Waals surface area (Å²) in [5.74, 6) is -0.312. The van der Waals surface area contributed by atoms with E-state index in [0.29, 0.717) is 27.2 Å². The van der Waals surface area contributed by atoms with E-state index in [2.05, 4.69) is 39.8 Å². The van der Waals surface area contributed by atoms with Crippen molar-refractivity contribution >= 4 is 46.6 Å². The van der Waals surface area contributed by atoms with Crippen LogP contribution >= 0.6 is 22.6 Å². The molecule has 3 aliphatic rings. The molecule has 1 aromatic rings. The van der Waals surface area contributed by atoms with Crippen molar-refractivity contribution in [2.75, 3.05) is 19.8 Å². The normalized spacial score (nSPS) is 26.1. The molecule has 1 aromatic carbocycles. The van der Waals surface area contributed by atoms with Gasteiger partial charge in [-0.1, -0.05) is 12.2 Å². The summed E-state index contributed by atoms with van der Waals surface area (Å²) in [5, 5.41) is 5.23. The number of rotatable bonds is 8. The van der Waals surface area contributed by atoms with Crippen molar-refractivity contribution in [2.45, 2.75) is 20.3 Å². The predicted octanol–water partition coefficient (Wildman–Crippen LogP) is 2.77. The molecule has 0 unspecified atom stereocenters. The van der Waals surface area contributed by atoms with Crippen LogP contribution in [-0.2, 0) is 19.1 Å². The molecule has 0 N–H and O–H groups in total. The highest BCUT2D eigenvalue weighted by molar-refractivity contribution is 14.1. The molecular formula is C22H23IN2O6. The number of nitrogens with zero attached hydrogens (tertiary/aromatic N) is 2. The molecular weight excluding hydrogens is 515 g/mol. The first-order valence-electron chi connectivity index (χ1n) is 10.3. The van der Waals surface area contributed by atoms with Crippen molar-refractivity contribution in [3.05, 3.63) is 33.4 Å². The van der Waals surface area contributed by atoms with E-state index < -0.39 is 5.97 Å². The van der Waals surface area contributed by atoms with Crippen molar-refractivity contribution in [3.63, 3.8) is 0 Å². The van der Waals surface area contributed by atoms with Gasteiger partial charge in [0.05, 0.1) is 34.8 Å². The highest BCUT2D eigenvalue weighted by Gasteiger charge is 2.59. The number of benzene rings is 1. The number of halogens is 1. The van der Waals surface area contributed by atoms with Gasteiger partial charge < -0.3 is 14.2 Å². The Morgan fingerprint density at radius 1 is 1.13 bits per heavy atom. The van der Waals surface area contributed by atoms with Crippen LogP contribution < -0.4 is 9.47 Å². The van der Waals surface area contributed by atoms with Crippen LogP contribution in [0.15, 0.2) is 29.4 Å². The highest BCUT2D eigenvalue weighted by atomic mass is 127. The van der Waals surface area contributed by atoms with Crippen molar-refractivity contribution in [1.29, 1.82) is 0 Å². The summed E-state index contributed by atoms with van der Waals surface area (Å²) >= 11 is 2.08. The first-order valence-corrected chi connectivity index (χ1v) is 11.4. The summed E-state index contributed by atoms with van der Waals surface area (Å²) in [7, 11) is 0. The average molecular weight is 538 g/mol. The molecule has 0 spiro atoms. The Hall–Kier alpha value is -2.43. The van der Waals surface area contributed by atoms with E-state index in [-0.39, 0.29) is 48.7 Å². The third kappa shape index (κ3) is 4.07. The maximum atomic E-state index is 12.8. The monoisotopic (exact) mass is 538 g/mol. The zero-order chi connectivity index (χ0) is 22.1. The second kappa shape index (κ2) is 8.97. The van der Waals surface area contributed by atoms with Crippen LogP contribution in [0.1, 0.15) is 25.8 Å². The summed E-state index contributed by atoms with van der Waals surface area (Å²) in [6.07, 6.45) is 6.46. The zero-order valence-electron chi connectivity index (χ0n) is 17.2. The summed E-state index contributed by atoms with van der Waals surface area (Å²) in [4.78, 5) is 37.2. The van der Waals surface area contributed by atoms with Crippen molar-refractivity contribution < 1.29 is 28.6 Å². The topological polar surface area (TPSA) is 94.5 Å². The number of amides is 2. The summed E-state index contributed by atoms with van der Waals surface area (Å²) in [5.41, 5.74) is 0.648. The SMILES string of the molecule is CCOC(=O)COc1c(I)cc(C=NN2C(=O)[C@@H]3[C@H](C2=O)[C@H]2C=C[C@H]3C2)cc1OCC. The van der Waals surface area contributed by atoms with E-state index in [0.717, 1.165) is 11.4 Å². The van der Waals surface area contributed by atoms with Gasteiger partial charge in [0.1, 0.15) is 0 Å². The van der Waals surface area contributed by atoms with Crippen LogP contribution in [0.4, 0.5) is 0 Å². The fourth-order valence-electron chi connectivity index (χ4n) is 4.52. The predicted molar refractivity (Wildman–Crippen MR) is 120 cm³/mol. The van der Waals surface area contributed by atoms with Crippen LogP contribution in [0.25, 0.3) is 0 Å². The maximum Gasteiger partial charge on any atom is 0.344 e. The molecule has 4 atom stereocenters. The molecule has 8 nitrogen and oxygen atoms in total. The van der Waals surface area contributed by atoms with Crippen molar-refractivity contribution in [2.24, 2.45) is 28.8 Å². The van der Waals surface area contributed by atoms with Gasteiger partial charge in [0.15, 0.2) is 18.1 Å². The number of ether oxygens (including phenoxy) is 3. The molecule has 0 aromatic heterocycles. The molecule has 1 aliphatic heterocycles. The van der Waals surface area contributed by atoms with Crippen LogP contribution in [0.3, 0.4) is 0 Å². The van der Waals surface area contributed by atoms with Gasteiger partial charge in [-0.3, -0.25) is 9.59 Å². The number of esters is 1. The number of carbonyl (C=O) groups excluding carboxylic acids is 3. The smallest absolute Gasteiger partial charge is 0.344 e. The molecule has 164 valence electrons. The number of carbonyl (C=O) groups is 3. The van der Waals surface area contributed by atoms with Gasteiger partial charge in [0.2, 0.25) is 0 Å². The van der Waals surface area contributed by atoms with Gasteiger partial charge in [-0.25, -0.2) is 4.79 Å². The number of hydrogen-bond donors (Lipinski definition) is 0. The molecule has 9 heteroatoms. The first kappa shape index (κ1) is 21.8. The van der Waals surface area contributed by atoms with E-state index in [1.807, 2.05) is 6.92 Å². The molecule has 1 heterocycles. The Labute approximate surface area is 193 Å². The average Bonchev–Trinajstić information content (AvgIpc) is 3.41. The van der Waals surface area contributed by atoms with Crippen LogP contribution in [0, 0.1) is 27.2 Å². The fraction of sp³-hybridized carbons (Fsp3) is 0.455. The van der Waals surface area contributed by atoms with E-state index >= 15 is 0 Å². The van der Waals surface area contributed by atoms with E-state index in [4.69, 9.17) is 14.2 Å². The number of hydrazone groups is 1. The molecule has 1 saturated carbocycles. The third-order valence-corrected chi connectivity index (χ3v) is 6.54. The quantitative estimate of drug-likeness (QED) is 0.166. The lowest BCUT2D eigenvalue weighted by atomic mass is 9.85. The Morgan fingerprint density at radius 2 is 1.81 bits per heavy atom. The second-order valence-electron chi connectivity index (χ2n) is 7.59. The third-order valence-electron chi connectivity index (χ3n) is 5.74. The van der Waals surface area contributed by atoms with Crippen LogP contribution in [0.5, 0.6) is 11.5 Å². The van der Waals surface area contributed by atoms with Crippen molar-refractivity contribution in [3.8, 4) is 11.5 Å². The molecule has 1 saturated heterocycles. The standard InChI is InChI=1S/C22H23IN2O6/c1-3-29-16-8-12(7-15(23)20(16)31-11-17(26)30-4-2)10-24-25-21(27)18-13-5-6-14(9-13)19(18)22(25)28/h5-8,10,13-14,18-19H,3-4,9,11H2,1-2H3/t13-,14-,18-,19+/m0/s1. The molecule has 2 aliphatic carbocycles. The van der Waals surface area contributed by atoms with Gasteiger partial charge in [-0.2, -0.15) is 10.1 Å². The van der Waals surface area contributed by atoms with E-state index in [1.165, 1.54) is 6.21 Å². The molecule has 31 heavy (non-hydrogen) atoms.